The van der Waals surface area contributed by atoms with Crippen molar-refractivity contribution >= 4 is 33.6 Å². The largest absolute Gasteiger partial charge is 0.462 e. The lowest BCUT2D eigenvalue weighted by molar-refractivity contribution is -0.150. The minimum Gasteiger partial charge on any atom is -0.462 e. The van der Waals surface area contributed by atoms with Crippen LogP contribution in [0.2, 0.25) is 0 Å². The maximum Gasteiger partial charge on any atom is 0.396 e. The Morgan fingerprint density at radius 2 is 2.14 bits per heavy atom. The molecule has 0 bridgehead atoms. The number of rotatable bonds is 1. The maximum absolute atomic E-state index is 11.0. The lowest BCUT2D eigenvalue weighted by Crippen LogP contribution is -2.24. The van der Waals surface area contributed by atoms with Crippen molar-refractivity contribution in [3.8, 4) is 0 Å². The molecule has 0 saturated heterocycles. The first kappa shape index (κ1) is 10.6. The normalized spacial score (nSPS) is 9.29. The van der Waals surface area contributed by atoms with Crippen LogP contribution in [0, 0.1) is 0 Å². The van der Waals surface area contributed by atoms with Crippen molar-refractivity contribution in [2.45, 2.75) is 0 Å². The van der Waals surface area contributed by atoms with E-state index in [1.165, 1.54) is 12.4 Å². The summed E-state index contributed by atoms with van der Waals surface area (Å²) in [6.45, 7) is 0. The minimum atomic E-state index is -0.977. The number of nitrogens with one attached hydrogen (secondary N) is 1. The zero-order chi connectivity index (χ0) is 10.6. The second-order valence-electron chi connectivity index (χ2n) is 2.17. The molecule has 1 heterocycles. The molecule has 74 valence electrons. The molecule has 0 saturated carbocycles. The Labute approximate surface area is 87.8 Å². The number of esters is 1. The summed E-state index contributed by atoms with van der Waals surface area (Å²) in [6, 6.07) is 0. The fourth-order valence-electron chi connectivity index (χ4n) is 0.637. The first-order valence-corrected chi connectivity index (χ1v) is 4.29. The highest BCUT2D eigenvalue weighted by Crippen LogP contribution is 2.05. The van der Waals surface area contributed by atoms with Crippen molar-refractivity contribution < 1.29 is 14.3 Å². The van der Waals surface area contributed by atoms with Gasteiger partial charge in [0, 0.05) is 0 Å². The van der Waals surface area contributed by atoms with Crippen LogP contribution in [0.25, 0.3) is 0 Å². The van der Waals surface area contributed by atoms with Crippen molar-refractivity contribution in [1.29, 1.82) is 0 Å². The number of carbonyl (C=O) groups is 2. The Balaban J connectivity index is 2.65. The molecule has 1 aromatic heterocycles. The molecule has 6 nitrogen and oxygen atoms in total. The summed E-state index contributed by atoms with van der Waals surface area (Å²) >= 11 is 3.08. The molecule has 0 unspecified atom stereocenters. The summed E-state index contributed by atoms with van der Waals surface area (Å²) < 4.78 is 4.74. The minimum absolute atomic E-state index is 0.184. The molecule has 0 aromatic carbocycles. The van der Waals surface area contributed by atoms with Gasteiger partial charge in [0.2, 0.25) is 0 Å². The van der Waals surface area contributed by atoms with Gasteiger partial charge >= 0.3 is 11.9 Å². The Bertz CT molecular complexity index is 352. The van der Waals surface area contributed by atoms with Crippen molar-refractivity contribution in [2.24, 2.45) is 0 Å². The van der Waals surface area contributed by atoms with Gasteiger partial charge in [0.25, 0.3) is 0 Å². The van der Waals surface area contributed by atoms with Crippen LogP contribution in [0.5, 0.6) is 0 Å². The predicted molar refractivity (Wildman–Crippen MR) is 50.4 cm³/mol. The number of amides is 1. The van der Waals surface area contributed by atoms with Gasteiger partial charge in [-0.05, 0) is 15.9 Å². The number of hydrogen-bond acceptors (Lipinski definition) is 5. The molecule has 7 heteroatoms. The number of aromatic nitrogens is 2. The highest BCUT2D eigenvalue weighted by Gasteiger charge is 2.13. The zero-order valence-electron chi connectivity index (χ0n) is 7.15. The number of carbonyl (C=O) groups excluding carboxylic acids is 2. The number of anilines is 1. The zero-order valence-corrected chi connectivity index (χ0v) is 8.74. The molecule has 0 atom stereocenters. The Morgan fingerprint density at radius 1 is 1.43 bits per heavy atom. The van der Waals surface area contributed by atoms with Gasteiger partial charge in [0.05, 0.1) is 19.5 Å². The molecule has 0 spiro atoms. The van der Waals surface area contributed by atoms with E-state index in [0.29, 0.717) is 4.60 Å². The standard InChI is InChI=1S/C7H6BrN3O3/c1-14-7(13)6(12)11-5-3-9-4(8)2-10-5/h2-3H,1H3,(H,10,11,12). The van der Waals surface area contributed by atoms with Crippen LogP contribution in [0.15, 0.2) is 17.0 Å². The van der Waals surface area contributed by atoms with Crippen LogP contribution in [0.1, 0.15) is 0 Å². The van der Waals surface area contributed by atoms with E-state index in [9.17, 15) is 9.59 Å². The van der Waals surface area contributed by atoms with Gasteiger partial charge in [-0.2, -0.15) is 0 Å². The number of hydrogen-bond donors (Lipinski definition) is 1. The van der Waals surface area contributed by atoms with E-state index in [1.807, 2.05) is 0 Å². The number of methoxy groups -OCH3 is 1. The van der Waals surface area contributed by atoms with Gasteiger partial charge in [-0.3, -0.25) is 10.1 Å². The van der Waals surface area contributed by atoms with Gasteiger partial charge in [-0.15, -0.1) is 0 Å². The quantitative estimate of drug-likeness (QED) is 0.582. The van der Waals surface area contributed by atoms with E-state index >= 15 is 0 Å². The van der Waals surface area contributed by atoms with Gasteiger partial charge in [-0.25, -0.2) is 14.8 Å². The van der Waals surface area contributed by atoms with Crippen molar-refractivity contribution in [3.05, 3.63) is 17.0 Å². The fourth-order valence-corrected chi connectivity index (χ4v) is 0.842. The molecule has 0 fully saturated rings. The van der Waals surface area contributed by atoms with Gasteiger partial charge in [-0.1, -0.05) is 0 Å². The first-order chi connectivity index (χ1) is 6.63. The molecule has 1 amide bonds. The van der Waals surface area contributed by atoms with Crippen LogP contribution in [-0.2, 0) is 14.3 Å². The smallest absolute Gasteiger partial charge is 0.396 e. The number of nitrogens with zero attached hydrogens (tertiary/aromatic N) is 2. The molecule has 14 heavy (non-hydrogen) atoms. The summed E-state index contributed by atoms with van der Waals surface area (Å²) in [5.41, 5.74) is 0. The maximum atomic E-state index is 11.0. The molecule has 1 rings (SSSR count). The molecule has 1 aromatic rings. The van der Waals surface area contributed by atoms with Crippen LogP contribution >= 0.6 is 15.9 Å². The molecule has 0 radical (unpaired) electrons. The van der Waals surface area contributed by atoms with Crippen LogP contribution in [-0.4, -0.2) is 29.0 Å². The van der Waals surface area contributed by atoms with Crippen molar-refractivity contribution in [1.82, 2.24) is 9.97 Å². The fraction of sp³-hybridized carbons (Fsp3) is 0.143. The number of ether oxygens (including phenoxy) is 1. The lowest BCUT2D eigenvalue weighted by atomic mass is 10.5. The monoisotopic (exact) mass is 259 g/mol. The summed E-state index contributed by atoms with van der Waals surface area (Å²) in [4.78, 5) is 29.2. The number of halogens is 1. The second kappa shape index (κ2) is 4.66. The summed E-state index contributed by atoms with van der Waals surface area (Å²) in [6.07, 6.45) is 2.71. The predicted octanol–water partition coefficient (Wildman–Crippen LogP) is 0.351. The third-order valence-electron chi connectivity index (χ3n) is 1.23. The SMILES string of the molecule is COC(=O)C(=O)Nc1cnc(Br)cn1. The molecule has 0 aliphatic rings. The van der Waals surface area contributed by atoms with Gasteiger partial charge in [0.15, 0.2) is 5.82 Å². The lowest BCUT2D eigenvalue weighted by Gasteiger charge is -2.01. The molecular weight excluding hydrogens is 254 g/mol. The van der Waals surface area contributed by atoms with E-state index < -0.39 is 11.9 Å². The first-order valence-electron chi connectivity index (χ1n) is 3.50. The highest BCUT2D eigenvalue weighted by molar-refractivity contribution is 9.10. The third-order valence-corrected chi connectivity index (χ3v) is 1.64. The topological polar surface area (TPSA) is 81.2 Å². The van der Waals surface area contributed by atoms with Crippen LogP contribution in [0.3, 0.4) is 0 Å². The Kier molecular flexibility index (Phi) is 3.52. The van der Waals surface area contributed by atoms with E-state index in [-0.39, 0.29) is 5.82 Å². The van der Waals surface area contributed by atoms with Crippen LogP contribution in [0.4, 0.5) is 5.82 Å². The van der Waals surface area contributed by atoms with Crippen molar-refractivity contribution in [3.63, 3.8) is 0 Å². The van der Waals surface area contributed by atoms with Gasteiger partial charge < -0.3 is 4.74 Å². The average molecular weight is 260 g/mol. The third kappa shape index (κ3) is 2.77. The highest BCUT2D eigenvalue weighted by atomic mass is 79.9. The Morgan fingerprint density at radius 3 is 2.64 bits per heavy atom. The van der Waals surface area contributed by atoms with Crippen LogP contribution < -0.4 is 5.32 Å². The summed E-state index contributed by atoms with van der Waals surface area (Å²) in [5.74, 6) is -1.68. The van der Waals surface area contributed by atoms with E-state index in [0.717, 1.165) is 7.11 Å². The molecule has 0 aliphatic heterocycles. The molecule has 1 N–H and O–H groups in total. The van der Waals surface area contributed by atoms with Crippen molar-refractivity contribution in [2.75, 3.05) is 12.4 Å². The Hall–Kier alpha value is -1.50. The van der Waals surface area contributed by atoms with E-state index in [2.05, 4.69) is 36.0 Å². The summed E-state index contributed by atoms with van der Waals surface area (Å²) in [5, 5.41) is 2.21. The summed E-state index contributed by atoms with van der Waals surface area (Å²) in [7, 11) is 1.12. The average Bonchev–Trinajstić information content (AvgIpc) is 2.20. The molecular formula is C7H6BrN3O3. The van der Waals surface area contributed by atoms with E-state index in [1.54, 1.807) is 0 Å². The van der Waals surface area contributed by atoms with E-state index in [4.69, 9.17) is 0 Å². The van der Waals surface area contributed by atoms with Gasteiger partial charge in [0.1, 0.15) is 4.60 Å². The molecule has 0 aliphatic carbocycles. The second-order valence-corrected chi connectivity index (χ2v) is 2.98.